The van der Waals surface area contributed by atoms with E-state index in [9.17, 15) is 9.59 Å². The third kappa shape index (κ3) is 8.49. The standard InChI is InChI=1S/C22H28N2O3/c1-22(2,3)27-21(26)24-16-19-8-6-17(7-9-19)10-12-20(25)13-11-18-5-4-14-23-15-18/h4-9,14-15H,10-13,16H2,1-3H3,(H,24,26). The minimum Gasteiger partial charge on any atom is -0.444 e. The number of nitrogens with zero attached hydrogens (tertiary/aromatic N) is 1. The van der Waals surface area contributed by atoms with Crippen molar-refractivity contribution in [3.63, 3.8) is 0 Å². The normalized spacial score (nSPS) is 11.1. The van der Waals surface area contributed by atoms with Crippen molar-refractivity contribution in [2.45, 2.75) is 58.6 Å². The van der Waals surface area contributed by atoms with Gasteiger partial charge >= 0.3 is 6.09 Å². The van der Waals surface area contributed by atoms with Crippen molar-refractivity contribution in [1.82, 2.24) is 10.3 Å². The molecule has 27 heavy (non-hydrogen) atoms. The number of hydrogen-bond donors (Lipinski definition) is 1. The van der Waals surface area contributed by atoms with Crippen molar-refractivity contribution in [1.29, 1.82) is 0 Å². The molecule has 1 aromatic carbocycles. The number of benzene rings is 1. The van der Waals surface area contributed by atoms with Gasteiger partial charge in [0, 0.05) is 31.8 Å². The van der Waals surface area contributed by atoms with E-state index >= 15 is 0 Å². The number of ether oxygens (including phenoxy) is 1. The Morgan fingerprint density at radius 2 is 1.59 bits per heavy atom. The zero-order valence-electron chi connectivity index (χ0n) is 16.3. The highest BCUT2D eigenvalue weighted by Crippen LogP contribution is 2.10. The number of carbonyl (C=O) groups excluding carboxylic acids is 2. The van der Waals surface area contributed by atoms with E-state index in [4.69, 9.17) is 4.74 Å². The molecular formula is C22H28N2O3. The van der Waals surface area contributed by atoms with Crippen molar-refractivity contribution in [2.75, 3.05) is 0 Å². The molecule has 0 unspecified atom stereocenters. The van der Waals surface area contributed by atoms with Crippen LogP contribution in [0.15, 0.2) is 48.8 Å². The number of rotatable bonds is 8. The Kier molecular flexibility index (Phi) is 7.53. The van der Waals surface area contributed by atoms with E-state index in [0.717, 1.165) is 29.5 Å². The molecule has 1 heterocycles. The number of ketones is 1. The summed E-state index contributed by atoms with van der Waals surface area (Å²) >= 11 is 0. The van der Waals surface area contributed by atoms with Gasteiger partial charge in [0.15, 0.2) is 0 Å². The molecule has 0 radical (unpaired) electrons. The second kappa shape index (κ2) is 9.86. The molecule has 2 aromatic rings. The molecule has 0 bridgehead atoms. The van der Waals surface area contributed by atoms with E-state index in [0.29, 0.717) is 19.4 Å². The minimum atomic E-state index is -0.502. The van der Waals surface area contributed by atoms with Gasteiger partial charge in [-0.05, 0) is 56.4 Å². The smallest absolute Gasteiger partial charge is 0.407 e. The predicted octanol–water partition coefficient (Wildman–Crippen LogP) is 4.24. The fourth-order valence-corrected chi connectivity index (χ4v) is 2.55. The van der Waals surface area contributed by atoms with Gasteiger partial charge in [-0.25, -0.2) is 4.79 Å². The zero-order valence-corrected chi connectivity index (χ0v) is 16.3. The summed E-state index contributed by atoms with van der Waals surface area (Å²) in [6, 6.07) is 11.8. The SMILES string of the molecule is CC(C)(C)OC(=O)NCc1ccc(CCC(=O)CCc2cccnc2)cc1. The summed E-state index contributed by atoms with van der Waals surface area (Å²) in [4.78, 5) is 27.8. The van der Waals surface area contributed by atoms with E-state index < -0.39 is 11.7 Å². The number of amides is 1. The monoisotopic (exact) mass is 368 g/mol. The average molecular weight is 368 g/mol. The summed E-state index contributed by atoms with van der Waals surface area (Å²) in [6.07, 6.45) is 5.66. The molecule has 0 saturated carbocycles. The second-order valence-electron chi connectivity index (χ2n) is 7.57. The van der Waals surface area contributed by atoms with Gasteiger partial charge in [0.1, 0.15) is 11.4 Å². The molecule has 0 aliphatic heterocycles. The molecule has 5 heteroatoms. The largest absolute Gasteiger partial charge is 0.444 e. The fourth-order valence-electron chi connectivity index (χ4n) is 2.55. The fraction of sp³-hybridized carbons (Fsp3) is 0.409. The Balaban J connectivity index is 1.70. The average Bonchev–Trinajstić information content (AvgIpc) is 2.63. The van der Waals surface area contributed by atoms with E-state index in [2.05, 4.69) is 10.3 Å². The van der Waals surface area contributed by atoms with Crippen molar-refractivity contribution in [2.24, 2.45) is 0 Å². The van der Waals surface area contributed by atoms with Gasteiger partial charge in [-0.15, -0.1) is 0 Å². The molecule has 0 saturated heterocycles. The lowest BCUT2D eigenvalue weighted by atomic mass is 10.0. The summed E-state index contributed by atoms with van der Waals surface area (Å²) in [6.45, 7) is 5.91. The lowest BCUT2D eigenvalue weighted by Gasteiger charge is -2.19. The van der Waals surface area contributed by atoms with Crippen molar-refractivity contribution < 1.29 is 14.3 Å². The summed E-state index contributed by atoms with van der Waals surface area (Å²) < 4.78 is 5.21. The van der Waals surface area contributed by atoms with Crippen molar-refractivity contribution >= 4 is 11.9 Å². The van der Waals surface area contributed by atoms with Crippen LogP contribution in [0.2, 0.25) is 0 Å². The molecule has 0 aliphatic carbocycles. The van der Waals surface area contributed by atoms with Gasteiger partial charge in [-0.3, -0.25) is 9.78 Å². The maximum absolute atomic E-state index is 12.1. The summed E-state index contributed by atoms with van der Waals surface area (Å²) in [5.41, 5.74) is 2.70. The van der Waals surface area contributed by atoms with Gasteiger partial charge in [-0.1, -0.05) is 30.3 Å². The summed E-state index contributed by atoms with van der Waals surface area (Å²) in [5, 5.41) is 2.74. The lowest BCUT2D eigenvalue weighted by molar-refractivity contribution is -0.119. The van der Waals surface area contributed by atoms with Gasteiger partial charge in [0.25, 0.3) is 0 Å². The number of hydrogen-bond acceptors (Lipinski definition) is 4. The Morgan fingerprint density at radius 1 is 0.963 bits per heavy atom. The Morgan fingerprint density at radius 3 is 2.19 bits per heavy atom. The molecular weight excluding hydrogens is 340 g/mol. The highest BCUT2D eigenvalue weighted by atomic mass is 16.6. The van der Waals surface area contributed by atoms with E-state index in [1.54, 1.807) is 12.4 Å². The van der Waals surface area contributed by atoms with Crippen LogP contribution in [0.4, 0.5) is 4.79 Å². The summed E-state index contributed by atoms with van der Waals surface area (Å²) in [7, 11) is 0. The topological polar surface area (TPSA) is 68.3 Å². The number of carbonyl (C=O) groups is 2. The molecule has 1 amide bonds. The van der Waals surface area contributed by atoms with Crippen LogP contribution in [0.5, 0.6) is 0 Å². The number of pyridine rings is 1. The maximum Gasteiger partial charge on any atom is 0.407 e. The molecule has 0 aliphatic rings. The predicted molar refractivity (Wildman–Crippen MR) is 105 cm³/mol. The highest BCUT2D eigenvalue weighted by molar-refractivity contribution is 5.78. The number of Topliss-reactive ketones (excluding diaryl/α,β-unsaturated/α-hetero) is 1. The van der Waals surface area contributed by atoms with Crippen LogP contribution >= 0.6 is 0 Å². The Labute approximate surface area is 161 Å². The molecule has 144 valence electrons. The number of aromatic nitrogens is 1. The van der Waals surface area contributed by atoms with Gasteiger partial charge in [0.2, 0.25) is 0 Å². The van der Waals surface area contributed by atoms with Crippen LogP contribution in [0, 0.1) is 0 Å². The maximum atomic E-state index is 12.1. The third-order valence-corrected chi connectivity index (χ3v) is 3.97. The van der Waals surface area contributed by atoms with Crippen LogP contribution in [-0.4, -0.2) is 22.5 Å². The van der Waals surface area contributed by atoms with E-state index in [1.165, 1.54) is 0 Å². The second-order valence-corrected chi connectivity index (χ2v) is 7.57. The van der Waals surface area contributed by atoms with Crippen LogP contribution in [0.25, 0.3) is 0 Å². The van der Waals surface area contributed by atoms with Crippen LogP contribution < -0.4 is 5.32 Å². The Bertz CT molecular complexity index is 734. The first-order valence-corrected chi connectivity index (χ1v) is 9.27. The summed E-state index contributed by atoms with van der Waals surface area (Å²) in [5.74, 6) is 0.259. The van der Waals surface area contributed by atoms with Gasteiger partial charge in [0.05, 0.1) is 0 Å². The number of nitrogens with one attached hydrogen (secondary N) is 1. The molecule has 2 rings (SSSR count). The molecule has 5 nitrogen and oxygen atoms in total. The number of aryl methyl sites for hydroxylation is 2. The van der Waals surface area contributed by atoms with E-state index in [-0.39, 0.29) is 5.78 Å². The highest BCUT2D eigenvalue weighted by Gasteiger charge is 2.15. The van der Waals surface area contributed by atoms with Crippen molar-refractivity contribution in [3.8, 4) is 0 Å². The molecule has 1 aromatic heterocycles. The quantitative estimate of drug-likeness (QED) is 0.757. The van der Waals surface area contributed by atoms with Crippen LogP contribution in [-0.2, 0) is 28.9 Å². The minimum absolute atomic E-state index is 0.259. The first-order chi connectivity index (χ1) is 12.8. The molecule has 1 N–H and O–H groups in total. The third-order valence-electron chi connectivity index (χ3n) is 3.97. The molecule has 0 fully saturated rings. The van der Waals surface area contributed by atoms with E-state index in [1.807, 2.05) is 57.2 Å². The first kappa shape index (κ1) is 20.6. The first-order valence-electron chi connectivity index (χ1n) is 9.27. The molecule has 0 spiro atoms. The number of alkyl carbamates (subject to hydrolysis) is 1. The van der Waals surface area contributed by atoms with Crippen LogP contribution in [0.3, 0.4) is 0 Å². The van der Waals surface area contributed by atoms with Gasteiger partial charge < -0.3 is 10.1 Å². The van der Waals surface area contributed by atoms with Gasteiger partial charge in [-0.2, -0.15) is 0 Å². The van der Waals surface area contributed by atoms with Crippen LogP contribution in [0.1, 0.15) is 50.3 Å². The lowest BCUT2D eigenvalue weighted by Crippen LogP contribution is -2.32. The van der Waals surface area contributed by atoms with Crippen molar-refractivity contribution in [3.05, 3.63) is 65.5 Å². The Hall–Kier alpha value is -2.69. The molecule has 0 atom stereocenters. The zero-order chi connectivity index (χ0) is 19.7.